The fraction of sp³-hybridized carbons (Fsp3) is 0.400. The van der Waals surface area contributed by atoms with Crippen LogP contribution < -0.4 is 10.9 Å². The van der Waals surface area contributed by atoms with Gasteiger partial charge in [0, 0.05) is 22.5 Å². The number of para-hydroxylation sites is 1. The molecule has 2 N–H and O–H groups in total. The standard InChI is InChI=1S/C15H20N2O/c1-15(2,3)16-9-8-11-10-14(18)17-13-7-5-4-6-12(11)13/h4-7,10,16H,8-9H2,1-3H3,(H,17,18). The number of hydrogen-bond donors (Lipinski definition) is 2. The molecule has 0 aliphatic carbocycles. The first-order chi connectivity index (χ1) is 8.46. The Labute approximate surface area is 107 Å². The van der Waals surface area contributed by atoms with Gasteiger partial charge in [0.25, 0.3) is 0 Å². The number of benzene rings is 1. The van der Waals surface area contributed by atoms with E-state index in [0.29, 0.717) is 0 Å². The molecule has 0 radical (unpaired) electrons. The van der Waals surface area contributed by atoms with Crippen LogP contribution >= 0.6 is 0 Å². The number of hydrogen-bond acceptors (Lipinski definition) is 2. The molecule has 0 amide bonds. The zero-order valence-corrected chi connectivity index (χ0v) is 11.2. The van der Waals surface area contributed by atoms with Crippen LogP contribution in [0.3, 0.4) is 0 Å². The Kier molecular flexibility index (Phi) is 3.53. The lowest BCUT2D eigenvalue weighted by Gasteiger charge is -2.20. The highest BCUT2D eigenvalue weighted by molar-refractivity contribution is 5.81. The number of aromatic amines is 1. The summed E-state index contributed by atoms with van der Waals surface area (Å²) in [5.74, 6) is 0. The van der Waals surface area contributed by atoms with Crippen molar-refractivity contribution in [3.63, 3.8) is 0 Å². The molecule has 1 heterocycles. The number of fused-ring (bicyclic) bond motifs is 1. The monoisotopic (exact) mass is 244 g/mol. The van der Waals surface area contributed by atoms with E-state index in [-0.39, 0.29) is 11.1 Å². The van der Waals surface area contributed by atoms with Crippen LogP contribution in [0, 0.1) is 0 Å². The minimum Gasteiger partial charge on any atom is -0.322 e. The van der Waals surface area contributed by atoms with Crippen molar-refractivity contribution in [2.45, 2.75) is 32.7 Å². The second kappa shape index (κ2) is 4.94. The molecule has 2 aromatic rings. The summed E-state index contributed by atoms with van der Waals surface area (Å²) in [6.45, 7) is 7.30. The fourth-order valence-electron chi connectivity index (χ4n) is 2.06. The first-order valence-corrected chi connectivity index (χ1v) is 6.32. The van der Waals surface area contributed by atoms with Gasteiger partial charge >= 0.3 is 0 Å². The predicted molar refractivity (Wildman–Crippen MR) is 76.0 cm³/mol. The molecule has 0 aliphatic rings. The van der Waals surface area contributed by atoms with Crippen LogP contribution in [0.5, 0.6) is 0 Å². The van der Waals surface area contributed by atoms with Crippen molar-refractivity contribution >= 4 is 10.9 Å². The Morgan fingerprint density at radius 1 is 1.22 bits per heavy atom. The molecule has 0 saturated heterocycles. The normalized spacial score (nSPS) is 11.9. The predicted octanol–water partition coefficient (Wildman–Crippen LogP) is 2.46. The number of nitrogens with one attached hydrogen (secondary N) is 2. The maximum absolute atomic E-state index is 11.6. The van der Waals surface area contributed by atoms with Crippen molar-refractivity contribution in [1.82, 2.24) is 10.3 Å². The van der Waals surface area contributed by atoms with Gasteiger partial charge in [-0.05, 0) is 45.4 Å². The van der Waals surface area contributed by atoms with Crippen LogP contribution in [0.2, 0.25) is 0 Å². The third-order valence-corrected chi connectivity index (χ3v) is 2.89. The summed E-state index contributed by atoms with van der Waals surface area (Å²) in [4.78, 5) is 14.4. The zero-order valence-electron chi connectivity index (χ0n) is 11.2. The smallest absolute Gasteiger partial charge is 0.248 e. The molecule has 0 saturated carbocycles. The van der Waals surface area contributed by atoms with Gasteiger partial charge in [0.1, 0.15) is 0 Å². The van der Waals surface area contributed by atoms with Crippen molar-refractivity contribution in [1.29, 1.82) is 0 Å². The minimum absolute atomic E-state index is 0.0283. The first kappa shape index (κ1) is 12.8. The van der Waals surface area contributed by atoms with Crippen LogP contribution in [0.4, 0.5) is 0 Å². The molecular formula is C15H20N2O. The van der Waals surface area contributed by atoms with Gasteiger partial charge in [-0.1, -0.05) is 18.2 Å². The third kappa shape index (κ3) is 3.20. The van der Waals surface area contributed by atoms with Crippen molar-refractivity contribution in [3.05, 3.63) is 46.2 Å². The second-order valence-electron chi connectivity index (χ2n) is 5.63. The van der Waals surface area contributed by atoms with Gasteiger partial charge in [-0.15, -0.1) is 0 Å². The lowest BCUT2D eigenvalue weighted by Crippen LogP contribution is -2.37. The Bertz CT molecular complexity index is 593. The van der Waals surface area contributed by atoms with Gasteiger partial charge in [0.15, 0.2) is 0 Å². The van der Waals surface area contributed by atoms with E-state index in [1.165, 1.54) is 0 Å². The van der Waals surface area contributed by atoms with Gasteiger partial charge < -0.3 is 10.3 Å². The lowest BCUT2D eigenvalue weighted by molar-refractivity contribution is 0.430. The molecule has 3 heteroatoms. The van der Waals surface area contributed by atoms with Crippen LogP contribution in [0.15, 0.2) is 35.1 Å². The zero-order chi connectivity index (χ0) is 13.2. The number of rotatable bonds is 3. The summed E-state index contributed by atoms with van der Waals surface area (Å²) in [6.07, 6.45) is 0.863. The second-order valence-corrected chi connectivity index (χ2v) is 5.63. The quantitative estimate of drug-likeness (QED) is 0.871. The summed E-state index contributed by atoms with van der Waals surface area (Å²) >= 11 is 0. The molecule has 1 aromatic carbocycles. The molecule has 0 spiro atoms. The van der Waals surface area contributed by atoms with Gasteiger partial charge in [-0.25, -0.2) is 0 Å². The Hall–Kier alpha value is -1.61. The first-order valence-electron chi connectivity index (χ1n) is 6.32. The highest BCUT2D eigenvalue weighted by Crippen LogP contribution is 2.14. The Morgan fingerprint density at radius 3 is 2.67 bits per heavy atom. The molecule has 96 valence electrons. The van der Waals surface area contributed by atoms with Gasteiger partial charge in [0.05, 0.1) is 0 Å². The number of H-pyrrole nitrogens is 1. The minimum atomic E-state index is -0.0283. The van der Waals surface area contributed by atoms with E-state index in [2.05, 4.69) is 37.1 Å². The molecule has 3 nitrogen and oxygen atoms in total. The molecular weight excluding hydrogens is 224 g/mol. The van der Waals surface area contributed by atoms with E-state index in [1.54, 1.807) is 6.07 Å². The molecule has 0 atom stereocenters. The average molecular weight is 244 g/mol. The van der Waals surface area contributed by atoms with Gasteiger partial charge in [-0.2, -0.15) is 0 Å². The van der Waals surface area contributed by atoms with Crippen molar-refractivity contribution < 1.29 is 0 Å². The summed E-state index contributed by atoms with van der Waals surface area (Å²) in [5, 5.41) is 4.57. The van der Waals surface area contributed by atoms with E-state index in [4.69, 9.17) is 0 Å². The van der Waals surface area contributed by atoms with Crippen LogP contribution in [-0.2, 0) is 6.42 Å². The average Bonchev–Trinajstić information content (AvgIpc) is 2.27. The Morgan fingerprint density at radius 2 is 1.94 bits per heavy atom. The molecule has 18 heavy (non-hydrogen) atoms. The van der Waals surface area contributed by atoms with Gasteiger partial charge in [-0.3, -0.25) is 4.79 Å². The van der Waals surface area contributed by atoms with E-state index < -0.39 is 0 Å². The molecule has 0 aliphatic heterocycles. The summed E-state index contributed by atoms with van der Waals surface area (Å²) in [5.41, 5.74) is 2.10. The summed E-state index contributed by atoms with van der Waals surface area (Å²) < 4.78 is 0. The van der Waals surface area contributed by atoms with Crippen molar-refractivity contribution in [3.8, 4) is 0 Å². The van der Waals surface area contributed by atoms with Crippen LogP contribution in [0.1, 0.15) is 26.3 Å². The van der Waals surface area contributed by atoms with E-state index in [1.807, 2.05) is 18.2 Å². The molecule has 0 unspecified atom stereocenters. The van der Waals surface area contributed by atoms with Gasteiger partial charge in [0.2, 0.25) is 5.56 Å². The highest BCUT2D eigenvalue weighted by Gasteiger charge is 2.09. The molecule has 2 rings (SSSR count). The maximum atomic E-state index is 11.6. The molecule has 0 fully saturated rings. The SMILES string of the molecule is CC(C)(C)NCCc1cc(=O)[nH]c2ccccc12. The largest absolute Gasteiger partial charge is 0.322 e. The summed E-state index contributed by atoms with van der Waals surface area (Å²) in [7, 11) is 0. The topological polar surface area (TPSA) is 44.9 Å². The third-order valence-electron chi connectivity index (χ3n) is 2.89. The van der Waals surface area contributed by atoms with E-state index >= 15 is 0 Å². The number of aromatic nitrogens is 1. The molecule has 0 bridgehead atoms. The Balaban J connectivity index is 2.25. The number of pyridine rings is 1. The fourth-order valence-corrected chi connectivity index (χ4v) is 2.06. The maximum Gasteiger partial charge on any atom is 0.248 e. The van der Waals surface area contributed by atoms with Crippen molar-refractivity contribution in [2.24, 2.45) is 0 Å². The highest BCUT2D eigenvalue weighted by atomic mass is 16.1. The lowest BCUT2D eigenvalue weighted by atomic mass is 10.0. The van der Waals surface area contributed by atoms with E-state index in [9.17, 15) is 4.79 Å². The van der Waals surface area contributed by atoms with Crippen LogP contribution in [-0.4, -0.2) is 17.1 Å². The van der Waals surface area contributed by atoms with Crippen LogP contribution in [0.25, 0.3) is 10.9 Å². The van der Waals surface area contributed by atoms with E-state index in [0.717, 1.165) is 29.4 Å². The van der Waals surface area contributed by atoms with Crippen molar-refractivity contribution in [2.75, 3.05) is 6.54 Å². The molecule has 1 aromatic heterocycles. The summed E-state index contributed by atoms with van der Waals surface area (Å²) in [6, 6.07) is 9.64.